The zero-order chi connectivity index (χ0) is 14.1. The van der Waals surface area contributed by atoms with Gasteiger partial charge in [-0.05, 0) is 0 Å². The molecule has 1 saturated heterocycles. The van der Waals surface area contributed by atoms with Crippen LogP contribution in [0, 0.1) is 5.92 Å². The summed E-state index contributed by atoms with van der Waals surface area (Å²) in [6.07, 6.45) is -1.72. The molecule has 0 bridgehead atoms. The van der Waals surface area contributed by atoms with Crippen LogP contribution >= 0.6 is 15.4 Å². The standard InChI is InChI=1S/C7H15BO8P2/c1-4-6(9)5(15-7(4)8)3-14-17(2,10)16-18(11,12)13/h4-7,9H,3H2,1-2H3,(H2,11,12,13)/t4?,5?,6-,7+,17?/m0/s1. The van der Waals surface area contributed by atoms with Crippen LogP contribution in [-0.2, 0) is 22.7 Å². The van der Waals surface area contributed by atoms with E-state index in [1.54, 1.807) is 6.92 Å². The van der Waals surface area contributed by atoms with Crippen LogP contribution in [0.4, 0.5) is 0 Å². The van der Waals surface area contributed by atoms with Gasteiger partial charge in [0.05, 0.1) is 12.7 Å². The Balaban J connectivity index is 2.51. The van der Waals surface area contributed by atoms with Gasteiger partial charge in [0, 0.05) is 18.6 Å². The Labute approximate surface area is 106 Å². The third kappa shape index (κ3) is 4.76. The van der Waals surface area contributed by atoms with Crippen molar-refractivity contribution in [2.45, 2.75) is 25.1 Å². The minimum atomic E-state index is -4.90. The molecule has 0 aromatic rings. The van der Waals surface area contributed by atoms with E-state index in [2.05, 4.69) is 4.31 Å². The van der Waals surface area contributed by atoms with Crippen molar-refractivity contribution in [3.8, 4) is 0 Å². The van der Waals surface area contributed by atoms with E-state index < -0.39 is 33.6 Å². The number of ether oxygens (including phenoxy) is 1. The molecule has 1 aliphatic heterocycles. The van der Waals surface area contributed by atoms with E-state index in [0.717, 1.165) is 6.66 Å². The molecule has 3 N–H and O–H groups in total. The highest BCUT2D eigenvalue weighted by molar-refractivity contribution is 7.63. The predicted octanol–water partition coefficient (Wildman–Crippen LogP) is -0.174. The van der Waals surface area contributed by atoms with E-state index in [0.29, 0.717) is 0 Å². The van der Waals surface area contributed by atoms with Gasteiger partial charge >= 0.3 is 15.4 Å². The second-order valence-electron chi connectivity index (χ2n) is 4.13. The summed E-state index contributed by atoms with van der Waals surface area (Å²) >= 11 is 0. The summed E-state index contributed by atoms with van der Waals surface area (Å²) in [7, 11) is -3.29. The van der Waals surface area contributed by atoms with Gasteiger partial charge in [0.2, 0.25) is 0 Å². The first-order valence-electron chi connectivity index (χ1n) is 5.10. The largest absolute Gasteiger partial charge is 0.476 e. The van der Waals surface area contributed by atoms with Gasteiger partial charge in [0.1, 0.15) is 14.0 Å². The van der Waals surface area contributed by atoms with Crippen LogP contribution in [0.3, 0.4) is 0 Å². The Morgan fingerprint density at radius 3 is 2.33 bits per heavy atom. The van der Waals surface area contributed by atoms with Crippen molar-refractivity contribution >= 4 is 23.3 Å². The number of hydrogen-bond acceptors (Lipinski definition) is 6. The first-order chi connectivity index (χ1) is 8.02. The molecular weight excluding hydrogens is 285 g/mol. The molecule has 1 fully saturated rings. The number of aliphatic hydroxyl groups is 1. The van der Waals surface area contributed by atoms with Crippen LogP contribution in [0.5, 0.6) is 0 Å². The summed E-state index contributed by atoms with van der Waals surface area (Å²) in [4.78, 5) is 17.0. The fraction of sp³-hybridized carbons (Fsp3) is 1.00. The SMILES string of the molecule is [B][C@@H]1OC(COP(C)(=O)OP(=O)(O)O)[C@@H](O)C1C. The van der Waals surface area contributed by atoms with Crippen LogP contribution in [-0.4, -0.2) is 54.2 Å². The molecule has 1 heterocycles. The summed E-state index contributed by atoms with van der Waals surface area (Å²) in [5.41, 5.74) is 0. The Morgan fingerprint density at radius 2 is 1.94 bits per heavy atom. The van der Waals surface area contributed by atoms with Gasteiger partial charge in [-0.25, -0.2) is 8.88 Å². The molecule has 18 heavy (non-hydrogen) atoms. The van der Waals surface area contributed by atoms with Crippen molar-refractivity contribution in [1.82, 2.24) is 0 Å². The molecular formula is C7H15BO8P2. The number of rotatable bonds is 5. The molecule has 0 aliphatic carbocycles. The van der Waals surface area contributed by atoms with E-state index in [-0.39, 0.29) is 12.5 Å². The lowest BCUT2D eigenvalue weighted by atomic mass is 9.86. The maximum Gasteiger partial charge on any atom is 0.476 e. The average molecular weight is 300 g/mol. The number of aliphatic hydroxyl groups excluding tert-OH is 1. The lowest BCUT2D eigenvalue weighted by Gasteiger charge is -2.19. The molecule has 0 aromatic heterocycles. The topological polar surface area (TPSA) is 123 Å². The maximum absolute atomic E-state index is 11.6. The van der Waals surface area contributed by atoms with Gasteiger partial charge in [0.15, 0.2) is 0 Å². The smallest absolute Gasteiger partial charge is 0.390 e. The van der Waals surface area contributed by atoms with Gasteiger partial charge in [0.25, 0.3) is 0 Å². The second kappa shape index (κ2) is 5.73. The minimum absolute atomic E-state index is 0.322. The van der Waals surface area contributed by atoms with Crippen LogP contribution in [0.15, 0.2) is 0 Å². The van der Waals surface area contributed by atoms with Crippen molar-refractivity contribution in [2.24, 2.45) is 5.92 Å². The molecule has 0 saturated carbocycles. The Kier molecular flexibility index (Phi) is 5.20. The van der Waals surface area contributed by atoms with Crippen molar-refractivity contribution in [3.05, 3.63) is 0 Å². The second-order valence-corrected chi connectivity index (χ2v) is 7.56. The van der Waals surface area contributed by atoms with Gasteiger partial charge in [-0.3, -0.25) is 4.57 Å². The van der Waals surface area contributed by atoms with Crippen LogP contribution < -0.4 is 0 Å². The van der Waals surface area contributed by atoms with E-state index in [9.17, 15) is 14.2 Å². The molecule has 1 rings (SSSR count). The van der Waals surface area contributed by atoms with Crippen LogP contribution in [0.1, 0.15) is 6.92 Å². The van der Waals surface area contributed by atoms with Crippen molar-refractivity contribution in [1.29, 1.82) is 0 Å². The number of phosphoric acid groups is 1. The quantitative estimate of drug-likeness (QED) is 0.472. The first-order valence-corrected chi connectivity index (χ1v) is 8.62. The van der Waals surface area contributed by atoms with E-state index in [1.165, 1.54) is 0 Å². The Morgan fingerprint density at radius 1 is 1.39 bits per heavy atom. The van der Waals surface area contributed by atoms with E-state index >= 15 is 0 Å². The lowest BCUT2D eigenvalue weighted by molar-refractivity contribution is -0.000219. The van der Waals surface area contributed by atoms with Gasteiger partial charge < -0.3 is 24.2 Å². The highest BCUT2D eigenvalue weighted by Gasteiger charge is 2.39. The first kappa shape index (κ1) is 16.3. The summed E-state index contributed by atoms with van der Waals surface area (Å²) in [6, 6.07) is -0.674. The van der Waals surface area contributed by atoms with Crippen LogP contribution in [0.2, 0.25) is 0 Å². The third-order valence-electron chi connectivity index (χ3n) is 2.50. The highest BCUT2D eigenvalue weighted by atomic mass is 31.3. The van der Waals surface area contributed by atoms with Crippen molar-refractivity contribution in [2.75, 3.05) is 13.3 Å². The van der Waals surface area contributed by atoms with Gasteiger partial charge in [-0.15, -0.1) is 0 Å². The molecule has 0 spiro atoms. The summed E-state index contributed by atoms with van der Waals surface area (Å²) in [5.74, 6) is -0.322. The Hall–Kier alpha value is 0.285. The molecule has 0 aromatic carbocycles. The Bertz CT molecular complexity index is 384. The lowest BCUT2D eigenvalue weighted by Crippen LogP contribution is -2.29. The van der Waals surface area contributed by atoms with Crippen molar-refractivity contribution in [3.63, 3.8) is 0 Å². The minimum Gasteiger partial charge on any atom is -0.390 e. The van der Waals surface area contributed by atoms with Crippen LogP contribution in [0.25, 0.3) is 0 Å². The average Bonchev–Trinajstić information content (AvgIpc) is 2.39. The zero-order valence-electron chi connectivity index (χ0n) is 9.87. The zero-order valence-corrected chi connectivity index (χ0v) is 11.7. The van der Waals surface area contributed by atoms with Gasteiger partial charge in [-0.1, -0.05) is 6.92 Å². The summed E-state index contributed by atoms with van der Waals surface area (Å²) in [5, 5.41) is 9.69. The number of hydrogen-bond donors (Lipinski definition) is 3. The van der Waals surface area contributed by atoms with E-state index in [4.69, 9.17) is 26.9 Å². The molecule has 3 unspecified atom stereocenters. The molecule has 5 atom stereocenters. The fourth-order valence-electron chi connectivity index (χ4n) is 1.50. The molecule has 11 heteroatoms. The monoisotopic (exact) mass is 300 g/mol. The molecule has 0 amide bonds. The van der Waals surface area contributed by atoms with E-state index in [1.807, 2.05) is 0 Å². The fourth-order valence-corrected chi connectivity index (χ4v) is 3.65. The highest BCUT2D eigenvalue weighted by Crippen LogP contribution is 2.58. The third-order valence-corrected chi connectivity index (χ3v) is 5.15. The molecule has 1 aliphatic rings. The molecule has 104 valence electrons. The maximum atomic E-state index is 11.6. The normalized spacial score (nSPS) is 36.5. The summed E-state index contributed by atoms with van der Waals surface area (Å²) in [6.45, 7) is 2.25. The predicted molar refractivity (Wildman–Crippen MR) is 62.2 cm³/mol. The summed E-state index contributed by atoms with van der Waals surface area (Å²) < 4.78 is 36.0. The molecule has 2 radical (unpaired) electrons. The molecule has 8 nitrogen and oxygen atoms in total. The van der Waals surface area contributed by atoms with Crippen molar-refractivity contribution < 1.29 is 37.6 Å². The van der Waals surface area contributed by atoms with Gasteiger partial charge in [-0.2, -0.15) is 0 Å².